The predicted octanol–water partition coefficient (Wildman–Crippen LogP) is 2.06. The van der Waals surface area contributed by atoms with E-state index in [-0.39, 0.29) is 5.15 Å². The molecule has 0 saturated heterocycles. The van der Waals surface area contributed by atoms with Crippen LogP contribution < -0.4 is 0 Å². The van der Waals surface area contributed by atoms with Crippen LogP contribution in [0.15, 0.2) is 12.3 Å². The first-order chi connectivity index (χ1) is 8.27. The van der Waals surface area contributed by atoms with Gasteiger partial charge in [-0.25, -0.2) is 4.98 Å². The van der Waals surface area contributed by atoms with Crippen molar-refractivity contribution in [2.45, 2.75) is 24.8 Å². The monoisotopic (exact) mass is 280 g/mol. The maximum Gasteiger partial charge on any atom is 0.418 e. The minimum absolute atomic E-state index is 0.249. The van der Waals surface area contributed by atoms with Gasteiger partial charge in [-0.15, -0.1) is 0 Å². The summed E-state index contributed by atoms with van der Waals surface area (Å²) in [7, 11) is 0. The van der Waals surface area contributed by atoms with E-state index in [2.05, 4.69) is 4.98 Å². The minimum atomic E-state index is -4.74. The van der Waals surface area contributed by atoms with Crippen molar-refractivity contribution in [3.8, 4) is 6.07 Å². The van der Waals surface area contributed by atoms with E-state index in [0.29, 0.717) is 6.20 Å². The number of aromatic nitrogens is 1. The Kier molecular flexibility index (Phi) is 4.51. The Bertz CT molecular complexity index is 473. The minimum Gasteiger partial charge on any atom is -0.389 e. The highest BCUT2D eigenvalue weighted by Crippen LogP contribution is 2.36. The molecule has 98 valence electrons. The molecule has 1 heterocycles. The van der Waals surface area contributed by atoms with E-state index >= 15 is 0 Å². The van der Waals surface area contributed by atoms with Crippen LogP contribution in [0.25, 0.3) is 0 Å². The van der Waals surface area contributed by atoms with E-state index in [1.54, 1.807) is 6.07 Å². The molecule has 18 heavy (non-hydrogen) atoms. The van der Waals surface area contributed by atoms with Crippen molar-refractivity contribution in [3.05, 3.63) is 28.5 Å². The lowest BCUT2D eigenvalue weighted by Gasteiger charge is -2.20. The zero-order valence-electron chi connectivity index (χ0n) is 8.82. The Morgan fingerprint density at radius 1 is 1.44 bits per heavy atom. The predicted molar refractivity (Wildman–Crippen MR) is 55.4 cm³/mol. The normalized spacial score (nSPS) is 14.9. The summed E-state index contributed by atoms with van der Waals surface area (Å²) >= 11 is 5.46. The second kappa shape index (κ2) is 5.52. The second-order valence-corrected chi connectivity index (χ2v) is 3.85. The van der Waals surface area contributed by atoms with Crippen LogP contribution in [-0.4, -0.2) is 21.3 Å². The van der Waals surface area contributed by atoms with E-state index in [1.807, 2.05) is 0 Å². The van der Waals surface area contributed by atoms with Crippen LogP contribution in [0.4, 0.5) is 13.2 Å². The highest BCUT2D eigenvalue weighted by atomic mass is 35.5. The molecule has 1 aromatic rings. The number of nitrogens with zero attached hydrogens (tertiary/aromatic N) is 2. The molecule has 0 aliphatic rings. The number of hydrogen-bond acceptors (Lipinski definition) is 4. The van der Waals surface area contributed by atoms with E-state index in [0.717, 1.165) is 6.07 Å². The van der Waals surface area contributed by atoms with Crippen LogP contribution in [-0.2, 0) is 6.18 Å². The SMILES string of the molecule is N#CCC(O)C(O)c1cc(Cl)ncc1C(F)(F)F. The average Bonchev–Trinajstić information content (AvgIpc) is 2.26. The largest absolute Gasteiger partial charge is 0.418 e. The fraction of sp³-hybridized carbons (Fsp3) is 0.400. The maximum absolute atomic E-state index is 12.6. The van der Waals surface area contributed by atoms with Crippen LogP contribution in [0, 0.1) is 11.3 Å². The van der Waals surface area contributed by atoms with Crippen molar-refractivity contribution in [2.75, 3.05) is 0 Å². The molecular formula is C10H8ClF3N2O2. The third kappa shape index (κ3) is 3.32. The molecule has 0 bridgehead atoms. The van der Waals surface area contributed by atoms with Crippen LogP contribution >= 0.6 is 11.6 Å². The standard InChI is InChI=1S/C10H8ClF3N2O2/c11-8-3-5(9(18)7(17)1-2-15)6(4-16-8)10(12,13)14/h3-4,7,9,17-18H,1H2. The lowest BCUT2D eigenvalue weighted by atomic mass is 9.99. The van der Waals surface area contributed by atoms with Gasteiger partial charge in [-0.3, -0.25) is 0 Å². The number of pyridine rings is 1. The van der Waals surface area contributed by atoms with Gasteiger partial charge in [0.15, 0.2) is 0 Å². The molecule has 2 unspecified atom stereocenters. The highest BCUT2D eigenvalue weighted by Gasteiger charge is 2.37. The van der Waals surface area contributed by atoms with Crippen molar-refractivity contribution >= 4 is 11.6 Å². The lowest BCUT2D eigenvalue weighted by Crippen LogP contribution is -2.21. The van der Waals surface area contributed by atoms with E-state index < -0.39 is 35.9 Å². The Morgan fingerprint density at radius 3 is 2.56 bits per heavy atom. The van der Waals surface area contributed by atoms with Crippen LogP contribution in [0.1, 0.15) is 23.7 Å². The molecule has 0 amide bonds. The smallest absolute Gasteiger partial charge is 0.389 e. The number of hydrogen-bond donors (Lipinski definition) is 2. The maximum atomic E-state index is 12.6. The lowest BCUT2D eigenvalue weighted by molar-refractivity contribution is -0.140. The highest BCUT2D eigenvalue weighted by molar-refractivity contribution is 6.29. The summed E-state index contributed by atoms with van der Waals surface area (Å²) in [4.78, 5) is 3.28. The van der Waals surface area contributed by atoms with Crippen LogP contribution in [0.2, 0.25) is 5.15 Å². The molecule has 0 aliphatic heterocycles. The first kappa shape index (κ1) is 14.7. The van der Waals surface area contributed by atoms with Crippen LogP contribution in [0.5, 0.6) is 0 Å². The van der Waals surface area contributed by atoms with Gasteiger partial charge in [0.25, 0.3) is 0 Å². The molecule has 2 N–H and O–H groups in total. The molecule has 1 aromatic heterocycles. The van der Waals surface area contributed by atoms with Crippen molar-refractivity contribution < 1.29 is 23.4 Å². The molecular weight excluding hydrogens is 273 g/mol. The Morgan fingerprint density at radius 2 is 2.06 bits per heavy atom. The molecule has 0 aromatic carbocycles. The number of aliphatic hydroxyl groups is 2. The average molecular weight is 281 g/mol. The molecule has 0 radical (unpaired) electrons. The third-order valence-electron chi connectivity index (χ3n) is 2.19. The third-order valence-corrected chi connectivity index (χ3v) is 2.40. The second-order valence-electron chi connectivity index (χ2n) is 3.47. The van der Waals surface area contributed by atoms with Gasteiger partial charge in [0, 0.05) is 6.20 Å². The number of aliphatic hydroxyl groups excluding tert-OH is 2. The number of alkyl halides is 3. The Balaban J connectivity index is 3.22. The van der Waals surface area contributed by atoms with Gasteiger partial charge < -0.3 is 10.2 Å². The van der Waals surface area contributed by atoms with Gasteiger partial charge in [0.1, 0.15) is 11.3 Å². The first-order valence-electron chi connectivity index (χ1n) is 4.73. The zero-order chi connectivity index (χ0) is 13.9. The number of rotatable bonds is 3. The van der Waals surface area contributed by atoms with Crippen molar-refractivity contribution in [3.63, 3.8) is 0 Å². The van der Waals surface area contributed by atoms with E-state index in [4.69, 9.17) is 16.9 Å². The quantitative estimate of drug-likeness (QED) is 0.831. The molecule has 0 saturated carbocycles. The van der Waals surface area contributed by atoms with Gasteiger partial charge >= 0.3 is 6.18 Å². The molecule has 0 spiro atoms. The molecule has 1 rings (SSSR count). The molecule has 2 atom stereocenters. The summed E-state index contributed by atoms with van der Waals surface area (Å²) in [5.41, 5.74) is -1.80. The zero-order valence-corrected chi connectivity index (χ0v) is 9.57. The molecule has 0 fully saturated rings. The molecule has 8 heteroatoms. The summed E-state index contributed by atoms with van der Waals surface area (Å²) < 4.78 is 37.9. The van der Waals surface area contributed by atoms with Crippen molar-refractivity contribution in [1.82, 2.24) is 4.98 Å². The number of halogens is 4. The van der Waals surface area contributed by atoms with Gasteiger partial charge in [-0.05, 0) is 11.6 Å². The first-order valence-corrected chi connectivity index (χ1v) is 5.11. The topological polar surface area (TPSA) is 77.1 Å². The number of nitriles is 1. The van der Waals surface area contributed by atoms with Gasteiger partial charge in [0.2, 0.25) is 0 Å². The summed E-state index contributed by atoms with van der Waals surface area (Å²) in [5.74, 6) is 0. The van der Waals surface area contributed by atoms with Gasteiger partial charge in [-0.2, -0.15) is 18.4 Å². The summed E-state index contributed by atoms with van der Waals surface area (Å²) in [5, 5.41) is 27.0. The summed E-state index contributed by atoms with van der Waals surface area (Å²) in [6.45, 7) is 0. The van der Waals surface area contributed by atoms with Crippen LogP contribution in [0.3, 0.4) is 0 Å². The Hall–Kier alpha value is -1.36. The molecule has 4 nitrogen and oxygen atoms in total. The van der Waals surface area contributed by atoms with Gasteiger partial charge in [0.05, 0.1) is 24.2 Å². The van der Waals surface area contributed by atoms with E-state index in [1.165, 1.54) is 0 Å². The van der Waals surface area contributed by atoms with Gasteiger partial charge in [-0.1, -0.05) is 11.6 Å². The molecule has 0 aliphatic carbocycles. The van der Waals surface area contributed by atoms with E-state index in [9.17, 15) is 23.4 Å². The Labute approximate surface area is 105 Å². The fourth-order valence-electron chi connectivity index (χ4n) is 1.34. The van der Waals surface area contributed by atoms with Crippen molar-refractivity contribution in [2.24, 2.45) is 0 Å². The fourth-order valence-corrected chi connectivity index (χ4v) is 1.50. The summed E-state index contributed by atoms with van der Waals surface area (Å²) in [6.07, 6.45) is -8.25. The summed E-state index contributed by atoms with van der Waals surface area (Å²) in [6, 6.07) is 2.37. The van der Waals surface area contributed by atoms with Crippen molar-refractivity contribution in [1.29, 1.82) is 5.26 Å².